The van der Waals surface area contributed by atoms with Gasteiger partial charge in [-0.3, -0.25) is 0 Å². The van der Waals surface area contributed by atoms with Crippen LogP contribution in [0, 0.1) is 0 Å². The fourth-order valence-electron chi connectivity index (χ4n) is 7.33. The average molecular weight is 781 g/mol. The zero-order valence-electron chi connectivity index (χ0n) is 34.9. The number of hydrogen-bond donors (Lipinski definition) is 0. The number of aryl methyl sites for hydroxylation is 2. The van der Waals surface area contributed by atoms with E-state index in [-0.39, 0.29) is 10.8 Å². The van der Waals surface area contributed by atoms with Crippen molar-refractivity contribution in [3.63, 3.8) is 0 Å². The SMILES string of the molecule is CCCCCCCCCCCCc1cc(C(C)(C)CC)sc1-c1cc2sc(-c3sc(C(C)(C)CC)cc3CCCCCCCCCCCC)cc2s1. The third-order valence-corrected chi connectivity index (χ3v) is 17.7. The van der Waals surface area contributed by atoms with Gasteiger partial charge in [0, 0.05) is 38.7 Å². The molecule has 52 heavy (non-hydrogen) atoms. The summed E-state index contributed by atoms with van der Waals surface area (Å²) in [5.74, 6) is 0. The predicted molar refractivity (Wildman–Crippen MR) is 244 cm³/mol. The summed E-state index contributed by atoms with van der Waals surface area (Å²) in [7, 11) is 0. The van der Waals surface area contributed by atoms with Crippen LogP contribution in [0.4, 0.5) is 0 Å². The van der Waals surface area contributed by atoms with Crippen LogP contribution in [-0.2, 0) is 23.7 Å². The van der Waals surface area contributed by atoms with Crippen LogP contribution in [-0.4, -0.2) is 0 Å². The molecule has 292 valence electrons. The Morgan fingerprint density at radius 1 is 0.385 bits per heavy atom. The van der Waals surface area contributed by atoms with Gasteiger partial charge in [0.15, 0.2) is 0 Å². The highest BCUT2D eigenvalue weighted by Gasteiger charge is 2.26. The van der Waals surface area contributed by atoms with E-state index in [1.54, 1.807) is 30.6 Å². The Balaban J connectivity index is 1.43. The second-order valence-corrected chi connectivity index (χ2v) is 21.5. The molecule has 0 saturated carbocycles. The molecule has 0 atom stereocenters. The lowest BCUT2D eigenvalue weighted by Gasteiger charge is -2.20. The number of thiophene rings is 4. The molecule has 0 bridgehead atoms. The summed E-state index contributed by atoms with van der Waals surface area (Å²) in [6, 6.07) is 10.3. The summed E-state index contributed by atoms with van der Waals surface area (Å²) < 4.78 is 2.97. The molecule has 0 amide bonds. The van der Waals surface area contributed by atoms with Gasteiger partial charge in [0.1, 0.15) is 0 Å². The molecule has 0 radical (unpaired) electrons. The first-order valence-corrected chi connectivity index (χ1v) is 25.2. The monoisotopic (exact) mass is 780 g/mol. The maximum absolute atomic E-state index is 2.60. The van der Waals surface area contributed by atoms with Crippen LogP contribution in [0.3, 0.4) is 0 Å². The molecule has 4 aromatic heterocycles. The normalized spacial score (nSPS) is 12.5. The Morgan fingerprint density at radius 3 is 1.00 bits per heavy atom. The third-order valence-electron chi connectivity index (χ3n) is 12.0. The summed E-state index contributed by atoms with van der Waals surface area (Å²) in [5, 5.41) is 0. The molecule has 0 spiro atoms. The topological polar surface area (TPSA) is 0 Å². The summed E-state index contributed by atoms with van der Waals surface area (Å²) in [6.45, 7) is 19.1. The molecule has 0 aliphatic rings. The van der Waals surface area contributed by atoms with Crippen molar-refractivity contribution >= 4 is 54.7 Å². The van der Waals surface area contributed by atoms with E-state index in [1.807, 2.05) is 0 Å². The van der Waals surface area contributed by atoms with Crippen LogP contribution >= 0.6 is 45.3 Å². The van der Waals surface area contributed by atoms with Crippen molar-refractivity contribution in [1.82, 2.24) is 0 Å². The summed E-state index contributed by atoms with van der Waals surface area (Å²) >= 11 is 8.29. The zero-order valence-corrected chi connectivity index (χ0v) is 38.2. The second-order valence-electron chi connectivity index (χ2n) is 17.2. The highest BCUT2D eigenvalue weighted by Crippen LogP contribution is 2.49. The Labute approximate surface area is 337 Å². The number of fused-ring (bicyclic) bond motifs is 1. The predicted octanol–water partition coefficient (Wildman–Crippen LogP) is 18.7. The molecule has 4 aromatic rings. The van der Waals surface area contributed by atoms with Crippen LogP contribution in [0.1, 0.15) is 218 Å². The van der Waals surface area contributed by atoms with Gasteiger partial charge in [-0.15, -0.1) is 45.3 Å². The van der Waals surface area contributed by atoms with E-state index in [2.05, 4.69) is 125 Å². The fourth-order valence-corrected chi connectivity index (χ4v) is 12.8. The minimum Gasteiger partial charge on any atom is -0.139 e. The smallest absolute Gasteiger partial charge is 0.0478 e. The number of unbranched alkanes of at least 4 members (excludes halogenated alkanes) is 18. The van der Waals surface area contributed by atoms with E-state index in [9.17, 15) is 0 Å². The van der Waals surface area contributed by atoms with E-state index in [1.165, 1.54) is 173 Å². The lowest BCUT2D eigenvalue weighted by atomic mass is 9.88. The molecule has 0 unspecified atom stereocenters. The molecule has 0 aliphatic carbocycles. The average Bonchev–Trinajstić information content (AvgIpc) is 3.93. The van der Waals surface area contributed by atoms with Crippen LogP contribution < -0.4 is 0 Å². The minimum absolute atomic E-state index is 0.241. The standard InChI is InChI=1S/C48H76S4/c1-9-13-15-17-19-21-23-25-27-29-31-37-33-43(47(5,6)11-3)51-45(37)41-35-39-40(49-41)36-42(50-39)46-38(34-44(52-46)48(7,8)12-4)32-30-28-26-24-22-20-18-16-14-10-2/h33-36H,9-32H2,1-8H3. The van der Waals surface area contributed by atoms with Gasteiger partial charge in [-0.2, -0.15) is 0 Å². The Bertz CT molecular complexity index is 1410. The molecule has 4 heteroatoms. The number of rotatable bonds is 28. The van der Waals surface area contributed by atoms with Crippen LogP contribution in [0.5, 0.6) is 0 Å². The molecule has 0 aliphatic heterocycles. The fraction of sp³-hybridized carbons (Fsp3) is 0.708. The van der Waals surface area contributed by atoms with Gasteiger partial charge < -0.3 is 0 Å². The lowest BCUT2D eigenvalue weighted by molar-refractivity contribution is 0.516. The summed E-state index contributed by atoms with van der Waals surface area (Å²) in [4.78, 5) is 9.28. The van der Waals surface area contributed by atoms with Gasteiger partial charge in [-0.1, -0.05) is 171 Å². The van der Waals surface area contributed by atoms with Crippen molar-refractivity contribution in [2.75, 3.05) is 0 Å². The van der Waals surface area contributed by atoms with Crippen molar-refractivity contribution in [3.8, 4) is 19.5 Å². The van der Waals surface area contributed by atoms with Gasteiger partial charge in [-0.25, -0.2) is 0 Å². The van der Waals surface area contributed by atoms with Crippen molar-refractivity contribution in [1.29, 1.82) is 0 Å². The van der Waals surface area contributed by atoms with E-state index >= 15 is 0 Å². The largest absolute Gasteiger partial charge is 0.139 e. The van der Waals surface area contributed by atoms with Crippen LogP contribution in [0.15, 0.2) is 24.3 Å². The molecule has 0 fully saturated rings. The molecule has 0 aromatic carbocycles. The molecular formula is C48H76S4. The first-order valence-electron chi connectivity index (χ1n) is 21.9. The molecule has 0 N–H and O–H groups in total. The van der Waals surface area contributed by atoms with Gasteiger partial charge in [0.2, 0.25) is 0 Å². The Morgan fingerprint density at radius 2 is 0.692 bits per heavy atom. The molecule has 4 heterocycles. The van der Waals surface area contributed by atoms with E-state index < -0.39 is 0 Å². The quantitative estimate of drug-likeness (QED) is 0.0504. The van der Waals surface area contributed by atoms with Gasteiger partial charge in [0.25, 0.3) is 0 Å². The first-order chi connectivity index (χ1) is 25.1. The minimum atomic E-state index is 0.241. The van der Waals surface area contributed by atoms with E-state index in [0.717, 1.165) is 0 Å². The molecule has 4 rings (SSSR count). The highest BCUT2D eigenvalue weighted by molar-refractivity contribution is 7.33. The van der Waals surface area contributed by atoms with Gasteiger partial charge in [0.05, 0.1) is 0 Å². The van der Waals surface area contributed by atoms with Crippen molar-refractivity contribution < 1.29 is 0 Å². The summed E-state index contributed by atoms with van der Waals surface area (Å²) in [6.07, 6.45) is 32.9. The maximum atomic E-state index is 2.60. The van der Waals surface area contributed by atoms with Gasteiger partial charge >= 0.3 is 0 Å². The molecular weight excluding hydrogens is 705 g/mol. The van der Waals surface area contributed by atoms with Gasteiger partial charge in [-0.05, 0) is 84.7 Å². The third kappa shape index (κ3) is 13.1. The number of hydrogen-bond acceptors (Lipinski definition) is 4. The Kier molecular flexibility index (Phi) is 19.0. The summed E-state index contributed by atoms with van der Waals surface area (Å²) in [5.41, 5.74) is 3.70. The lowest BCUT2D eigenvalue weighted by Crippen LogP contribution is -2.13. The van der Waals surface area contributed by atoms with Crippen LogP contribution in [0.2, 0.25) is 0 Å². The molecule has 0 saturated heterocycles. The second kappa shape index (κ2) is 22.6. The maximum Gasteiger partial charge on any atom is 0.0478 e. The van der Waals surface area contributed by atoms with E-state index in [0.29, 0.717) is 0 Å². The van der Waals surface area contributed by atoms with Crippen LogP contribution in [0.25, 0.3) is 28.9 Å². The van der Waals surface area contributed by atoms with E-state index in [4.69, 9.17) is 0 Å². The molecule has 0 nitrogen and oxygen atoms in total. The highest BCUT2D eigenvalue weighted by atomic mass is 32.1. The van der Waals surface area contributed by atoms with Crippen molar-refractivity contribution in [2.24, 2.45) is 0 Å². The van der Waals surface area contributed by atoms with Crippen molar-refractivity contribution in [2.45, 2.75) is 220 Å². The zero-order chi connectivity index (χ0) is 37.4. The Hall–Kier alpha value is -0.940. The van der Waals surface area contributed by atoms with Crippen molar-refractivity contribution in [3.05, 3.63) is 45.1 Å². The first kappa shape index (κ1) is 43.8.